The van der Waals surface area contributed by atoms with Gasteiger partial charge in [0.15, 0.2) is 0 Å². The maximum atomic E-state index is 2.16. The molecule has 0 nitrogen and oxygen atoms in total. The Balaban J connectivity index is 3.07. The average Bonchev–Trinajstić information content (AvgIpc) is 1.83. The molecule has 50 valence electrons. The minimum atomic E-state index is 0.796. The molecule has 0 aromatic heterocycles. The quantitative estimate of drug-likeness (QED) is 0.592. The summed E-state index contributed by atoms with van der Waals surface area (Å²) in [5, 5.41) is 0. The van der Waals surface area contributed by atoms with E-state index in [2.05, 4.69) is 18.8 Å². The molecule has 0 radical (unpaired) electrons. The first-order valence-corrected chi connectivity index (χ1v) is 6.36. The first-order valence-electron chi connectivity index (χ1n) is 2.39. The summed E-state index contributed by atoms with van der Waals surface area (Å²) in [6.07, 6.45) is 6.48. The van der Waals surface area contributed by atoms with Crippen molar-refractivity contribution in [3.63, 3.8) is 0 Å². The molecule has 3 heteroatoms. The van der Waals surface area contributed by atoms with Gasteiger partial charge in [-0.15, -0.1) is 0 Å². The zero-order chi connectivity index (χ0) is 6.41. The Labute approximate surface area is 64.6 Å². The smallest absolute Gasteiger partial charge is 0.0587 e. The summed E-state index contributed by atoms with van der Waals surface area (Å²) in [5.74, 6) is 1.27. The van der Waals surface area contributed by atoms with Gasteiger partial charge in [0, 0.05) is 5.75 Å². The molecule has 0 heterocycles. The highest BCUT2D eigenvalue weighted by atomic mass is 32.2. The van der Waals surface area contributed by atoms with E-state index in [-0.39, 0.29) is 0 Å². The predicted molar refractivity (Wildman–Crippen MR) is 49.2 cm³/mol. The number of rotatable bonds is 4. The van der Waals surface area contributed by atoms with E-state index in [0.29, 0.717) is 0 Å². The van der Waals surface area contributed by atoms with Gasteiger partial charge < -0.3 is 0 Å². The van der Waals surface area contributed by atoms with Crippen LogP contribution in [0, 0.1) is 0 Å². The molecular formula is C5H12S3. The van der Waals surface area contributed by atoms with Crippen LogP contribution in [0.2, 0.25) is 0 Å². The summed E-state index contributed by atoms with van der Waals surface area (Å²) in [6, 6.07) is 0. The van der Waals surface area contributed by atoms with Gasteiger partial charge >= 0.3 is 0 Å². The zero-order valence-corrected chi connectivity index (χ0v) is 7.96. The Morgan fingerprint density at radius 2 is 1.62 bits per heavy atom. The van der Waals surface area contributed by atoms with Crippen molar-refractivity contribution in [1.29, 1.82) is 0 Å². The van der Waals surface area contributed by atoms with Gasteiger partial charge in [-0.05, 0) is 18.8 Å². The van der Waals surface area contributed by atoms with Crippen molar-refractivity contribution >= 4 is 35.3 Å². The van der Waals surface area contributed by atoms with E-state index in [9.17, 15) is 0 Å². The zero-order valence-electron chi connectivity index (χ0n) is 5.51. The van der Waals surface area contributed by atoms with Gasteiger partial charge in [0.2, 0.25) is 0 Å². The first-order chi connectivity index (χ1) is 3.85. The first kappa shape index (κ1) is 9.05. The van der Waals surface area contributed by atoms with Gasteiger partial charge in [0.1, 0.15) is 0 Å². The molecule has 0 spiro atoms. The molecule has 0 saturated heterocycles. The summed E-state index contributed by atoms with van der Waals surface area (Å²) in [6.45, 7) is 0. The summed E-state index contributed by atoms with van der Waals surface area (Å²) < 4.78 is 0.796. The highest BCUT2D eigenvalue weighted by Gasteiger charge is 2.00. The van der Waals surface area contributed by atoms with Crippen LogP contribution < -0.4 is 0 Å². The van der Waals surface area contributed by atoms with E-state index in [4.69, 9.17) is 0 Å². The van der Waals surface area contributed by atoms with Crippen molar-refractivity contribution < 1.29 is 0 Å². The second-order valence-corrected chi connectivity index (χ2v) is 4.65. The standard InChI is InChI=1S/C5H12S3/c1-6-4-5(7-2)8-3/h5H,4H2,1-3H3. The van der Waals surface area contributed by atoms with Crippen molar-refractivity contribution in [1.82, 2.24) is 0 Å². The van der Waals surface area contributed by atoms with Crippen molar-refractivity contribution in [2.75, 3.05) is 24.5 Å². The third kappa shape index (κ3) is 3.98. The van der Waals surface area contributed by atoms with Crippen molar-refractivity contribution in [2.24, 2.45) is 0 Å². The Bertz CT molecular complexity index is 42.9. The van der Waals surface area contributed by atoms with E-state index in [0.717, 1.165) is 4.58 Å². The summed E-state index contributed by atoms with van der Waals surface area (Å²) in [5.41, 5.74) is 0. The van der Waals surface area contributed by atoms with Gasteiger partial charge in [-0.25, -0.2) is 0 Å². The van der Waals surface area contributed by atoms with Gasteiger partial charge in [0.25, 0.3) is 0 Å². The fourth-order valence-electron chi connectivity index (χ4n) is 0.368. The normalized spacial score (nSPS) is 10.5. The molecule has 0 saturated carbocycles. The van der Waals surface area contributed by atoms with Gasteiger partial charge in [-0.3, -0.25) is 0 Å². The molecule has 0 amide bonds. The Kier molecular flexibility index (Phi) is 6.98. The highest BCUT2D eigenvalue weighted by Crippen LogP contribution is 2.21. The molecule has 0 fully saturated rings. The van der Waals surface area contributed by atoms with Crippen LogP contribution in [0.4, 0.5) is 0 Å². The third-order valence-corrected chi connectivity index (χ3v) is 4.46. The molecule has 8 heavy (non-hydrogen) atoms. The van der Waals surface area contributed by atoms with Crippen LogP contribution in [0.25, 0.3) is 0 Å². The second-order valence-electron chi connectivity index (χ2n) is 1.36. The van der Waals surface area contributed by atoms with Crippen LogP contribution in [-0.4, -0.2) is 29.1 Å². The van der Waals surface area contributed by atoms with Crippen LogP contribution >= 0.6 is 35.3 Å². The fraction of sp³-hybridized carbons (Fsp3) is 1.00. The molecule has 0 unspecified atom stereocenters. The lowest BCUT2D eigenvalue weighted by Crippen LogP contribution is -1.97. The monoisotopic (exact) mass is 168 g/mol. The van der Waals surface area contributed by atoms with E-state index < -0.39 is 0 Å². The van der Waals surface area contributed by atoms with Gasteiger partial charge in [0.05, 0.1) is 4.58 Å². The molecule has 0 aromatic carbocycles. The maximum Gasteiger partial charge on any atom is 0.0587 e. The Morgan fingerprint density at radius 3 is 1.75 bits per heavy atom. The second kappa shape index (κ2) is 6.17. The van der Waals surface area contributed by atoms with Crippen LogP contribution in [0.1, 0.15) is 0 Å². The fourth-order valence-corrected chi connectivity index (χ4v) is 3.32. The maximum absolute atomic E-state index is 2.16. The molecule has 0 aliphatic carbocycles. The molecule has 0 aliphatic rings. The highest BCUT2D eigenvalue weighted by molar-refractivity contribution is 8.17. The Hall–Kier alpha value is 1.05. The average molecular weight is 168 g/mol. The molecule has 0 aliphatic heterocycles. The number of hydrogen-bond donors (Lipinski definition) is 0. The van der Waals surface area contributed by atoms with Crippen LogP contribution in [-0.2, 0) is 0 Å². The van der Waals surface area contributed by atoms with Crippen molar-refractivity contribution in [2.45, 2.75) is 4.58 Å². The van der Waals surface area contributed by atoms with E-state index in [1.807, 2.05) is 35.3 Å². The van der Waals surface area contributed by atoms with E-state index in [1.54, 1.807) is 0 Å². The topological polar surface area (TPSA) is 0 Å². The van der Waals surface area contributed by atoms with Crippen LogP contribution in [0.3, 0.4) is 0 Å². The lowest BCUT2D eigenvalue weighted by Gasteiger charge is -2.07. The molecular weight excluding hydrogens is 156 g/mol. The predicted octanol–water partition coefficient (Wildman–Crippen LogP) is 2.40. The third-order valence-electron chi connectivity index (χ3n) is 0.829. The molecule has 0 bridgehead atoms. The molecule has 0 aromatic rings. The van der Waals surface area contributed by atoms with Gasteiger partial charge in [-0.2, -0.15) is 35.3 Å². The Morgan fingerprint density at radius 1 is 1.12 bits per heavy atom. The number of hydrogen-bond acceptors (Lipinski definition) is 3. The van der Waals surface area contributed by atoms with Crippen molar-refractivity contribution in [3.05, 3.63) is 0 Å². The lowest BCUT2D eigenvalue weighted by molar-refractivity contribution is 1.46. The van der Waals surface area contributed by atoms with E-state index >= 15 is 0 Å². The minimum absolute atomic E-state index is 0.796. The summed E-state index contributed by atoms with van der Waals surface area (Å²) >= 11 is 5.79. The van der Waals surface area contributed by atoms with Crippen LogP contribution in [0.5, 0.6) is 0 Å². The van der Waals surface area contributed by atoms with Crippen LogP contribution in [0.15, 0.2) is 0 Å². The largest absolute Gasteiger partial charge is 0.163 e. The SMILES string of the molecule is CSCC(SC)SC. The van der Waals surface area contributed by atoms with Gasteiger partial charge in [-0.1, -0.05) is 0 Å². The number of thioether (sulfide) groups is 3. The molecule has 0 rings (SSSR count). The van der Waals surface area contributed by atoms with E-state index in [1.165, 1.54) is 5.75 Å². The minimum Gasteiger partial charge on any atom is -0.163 e. The molecule has 0 atom stereocenters. The lowest BCUT2D eigenvalue weighted by atomic mass is 10.9. The van der Waals surface area contributed by atoms with Crippen molar-refractivity contribution in [3.8, 4) is 0 Å². The summed E-state index contributed by atoms with van der Waals surface area (Å²) in [4.78, 5) is 0. The molecule has 0 N–H and O–H groups in total. The summed E-state index contributed by atoms with van der Waals surface area (Å²) in [7, 11) is 0.